The smallest absolute Gasteiger partial charge is 0.0912 e. The van der Waals surface area contributed by atoms with Gasteiger partial charge in [0.15, 0.2) is 0 Å². The highest BCUT2D eigenvalue weighted by Gasteiger charge is 2.14. The van der Waals surface area contributed by atoms with Crippen molar-refractivity contribution in [3.8, 4) is 0 Å². The second-order valence-electron chi connectivity index (χ2n) is 4.27. The molecule has 3 N–H and O–H groups in total. The van der Waals surface area contributed by atoms with Crippen LogP contribution in [-0.2, 0) is 13.0 Å². The fourth-order valence-electron chi connectivity index (χ4n) is 2.06. The molecule has 1 unspecified atom stereocenters. The number of rotatable bonds is 2. The third-order valence-corrected chi connectivity index (χ3v) is 3.04. The van der Waals surface area contributed by atoms with Crippen molar-refractivity contribution in [2.24, 2.45) is 5.73 Å². The molecule has 15 heavy (non-hydrogen) atoms. The van der Waals surface area contributed by atoms with E-state index in [-0.39, 0.29) is 0 Å². The summed E-state index contributed by atoms with van der Waals surface area (Å²) in [4.78, 5) is 2.31. The van der Waals surface area contributed by atoms with Crippen molar-refractivity contribution in [1.82, 2.24) is 4.90 Å². The highest BCUT2D eigenvalue weighted by atomic mass is 16.3. The zero-order valence-corrected chi connectivity index (χ0v) is 9.11. The van der Waals surface area contributed by atoms with E-state index in [9.17, 15) is 5.11 Å². The maximum Gasteiger partial charge on any atom is 0.0912 e. The van der Waals surface area contributed by atoms with Crippen LogP contribution in [0.3, 0.4) is 0 Å². The minimum atomic E-state index is -0.519. The van der Waals surface area contributed by atoms with Gasteiger partial charge in [-0.2, -0.15) is 0 Å². The molecule has 1 aromatic carbocycles. The van der Waals surface area contributed by atoms with E-state index < -0.39 is 6.10 Å². The Labute approximate surface area is 90.5 Å². The van der Waals surface area contributed by atoms with Gasteiger partial charge < -0.3 is 15.7 Å². The van der Waals surface area contributed by atoms with E-state index in [1.165, 1.54) is 11.1 Å². The summed E-state index contributed by atoms with van der Waals surface area (Å²) < 4.78 is 0. The van der Waals surface area contributed by atoms with Gasteiger partial charge in [-0.05, 0) is 30.2 Å². The van der Waals surface area contributed by atoms with Gasteiger partial charge in [0.05, 0.1) is 6.10 Å². The van der Waals surface area contributed by atoms with E-state index in [0.29, 0.717) is 6.54 Å². The molecule has 3 heteroatoms. The summed E-state index contributed by atoms with van der Waals surface area (Å²) in [5.41, 5.74) is 9.12. The largest absolute Gasteiger partial charge is 0.387 e. The number of nitrogens with two attached hydrogens (primary N) is 1. The molecule has 0 aromatic heterocycles. The zero-order valence-electron chi connectivity index (χ0n) is 9.11. The number of hydrogen-bond acceptors (Lipinski definition) is 3. The topological polar surface area (TPSA) is 49.5 Å². The van der Waals surface area contributed by atoms with Crippen molar-refractivity contribution >= 4 is 0 Å². The van der Waals surface area contributed by atoms with Crippen LogP contribution in [0.2, 0.25) is 0 Å². The highest BCUT2D eigenvalue weighted by molar-refractivity contribution is 5.34. The van der Waals surface area contributed by atoms with E-state index >= 15 is 0 Å². The fraction of sp³-hybridized carbons (Fsp3) is 0.500. The monoisotopic (exact) mass is 206 g/mol. The number of likely N-dealkylation sites (N-methyl/N-ethyl adjacent to an activating group) is 1. The number of aliphatic hydroxyl groups is 1. The normalized spacial score (nSPS) is 18.6. The van der Waals surface area contributed by atoms with Crippen molar-refractivity contribution in [3.63, 3.8) is 0 Å². The van der Waals surface area contributed by atoms with Crippen LogP contribution in [0, 0.1) is 0 Å². The maximum atomic E-state index is 9.65. The molecule has 3 nitrogen and oxygen atoms in total. The molecule has 82 valence electrons. The molecule has 0 amide bonds. The predicted octanol–water partition coefficient (Wildman–Crippen LogP) is 0.667. The Kier molecular flexibility index (Phi) is 3.05. The number of nitrogens with zero attached hydrogens (tertiary/aromatic N) is 1. The molecule has 0 saturated heterocycles. The lowest BCUT2D eigenvalue weighted by molar-refractivity contribution is 0.186. The Hall–Kier alpha value is -0.900. The molecule has 0 aliphatic carbocycles. The van der Waals surface area contributed by atoms with Crippen LogP contribution in [0.5, 0.6) is 0 Å². The Morgan fingerprint density at radius 2 is 2.27 bits per heavy atom. The van der Waals surface area contributed by atoms with Gasteiger partial charge in [0.1, 0.15) is 0 Å². The molecule has 1 aliphatic heterocycles. The van der Waals surface area contributed by atoms with E-state index in [2.05, 4.69) is 24.1 Å². The van der Waals surface area contributed by atoms with E-state index in [4.69, 9.17) is 5.73 Å². The van der Waals surface area contributed by atoms with Crippen LogP contribution < -0.4 is 5.73 Å². The number of aliphatic hydroxyl groups excluding tert-OH is 1. The summed E-state index contributed by atoms with van der Waals surface area (Å²) in [5.74, 6) is 0. The quantitative estimate of drug-likeness (QED) is 0.747. The van der Waals surface area contributed by atoms with Gasteiger partial charge in [-0.25, -0.2) is 0 Å². The molecular formula is C12H18N2O. The minimum Gasteiger partial charge on any atom is -0.387 e. The molecule has 0 fully saturated rings. The molecule has 0 radical (unpaired) electrons. The first kappa shape index (κ1) is 10.6. The van der Waals surface area contributed by atoms with Crippen LogP contribution in [0.25, 0.3) is 0 Å². The molecule has 1 atom stereocenters. The highest BCUT2D eigenvalue weighted by Crippen LogP contribution is 2.22. The molecule has 2 rings (SSSR count). The molecule has 1 aliphatic rings. The first-order chi connectivity index (χ1) is 7.20. The van der Waals surface area contributed by atoms with Crippen LogP contribution in [0.15, 0.2) is 18.2 Å². The van der Waals surface area contributed by atoms with Crippen molar-refractivity contribution in [3.05, 3.63) is 34.9 Å². The van der Waals surface area contributed by atoms with Crippen LogP contribution in [0.1, 0.15) is 22.8 Å². The van der Waals surface area contributed by atoms with Crippen molar-refractivity contribution in [2.45, 2.75) is 19.1 Å². The fourth-order valence-corrected chi connectivity index (χ4v) is 2.06. The molecular weight excluding hydrogens is 188 g/mol. The standard InChI is InChI=1S/C12H18N2O/c1-14-5-4-9-6-10(12(15)7-13)2-3-11(9)8-14/h2-3,6,12,15H,4-5,7-8,13H2,1H3. The Morgan fingerprint density at radius 1 is 1.47 bits per heavy atom. The minimum absolute atomic E-state index is 0.290. The van der Waals surface area contributed by atoms with Gasteiger partial charge in [-0.1, -0.05) is 18.2 Å². The van der Waals surface area contributed by atoms with E-state index in [1.54, 1.807) is 0 Å². The van der Waals surface area contributed by atoms with Gasteiger partial charge in [-0.15, -0.1) is 0 Å². The lowest BCUT2D eigenvalue weighted by atomic mass is 9.96. The number of hydrogen-bond donors (Lipinski definition) is 2. The van der Waals surface area contributed by atoms with E-state index in [1.807, 2.05) is 6.07 Å². The summed E-state index contributed by atoms with van der Waals surface area (Å²) in [5, 5.41) is 9.65. The first-order valence-corrected chi connectivity index (χ1v) is 5.39. The van der Waals surface area contributed by atoms with Crippen molar-refractivity contribution in [1.29, 1.82) is 0 Å². The maximum absolute atomic E-state index is 9.65. The summed E-state index contributed by atoms with van der Waals surface area (Å²) >= 11 is 0. The number of benzene rings is 1. The molecule has 0 spiro atoms. The summed E-state index contributed by atoms with van der Waals surface area (Å²) in [6, 6.07) is 6.19. The van der Waals surface area contributed by atoms with Crippen LogP contribution >= 0.6 is 0 Å². The lowest BCUT2D eigenvalue weighted by Crippen LogP contribution is -2.26. The first-order valence-electron chi connectivity index (χ1n) is 5.39. The predicted molar refractivity (Wildman–Crippen MR) is 60.5 cm³/mol. The van der Waals surface area contributed by atoms with Gasteiger partial charge >= 0.3 is 0 Å². The Morgan fingerprint density at radius 3 is 3.00 bits per heavy atom. The van der Waals surface area contributed by atoms with Gasteiger partial charge in [0.25, 0.3) is 0 Å². The van der Waals surface area contributed by atoms with Crippen LogP contribution in [-0.4, -0.2) is 30.1 Å². The molecule has 1 heterocycles. The Balaban J connectivity index is 2.26. The van der Waals surface area contributed by atoms with Crippen LogP contribution in [0.4, 0.5) is 0 Å². The third kappa shape index (κ3) is 2.20. The third-order valence-electron chi connectivity index (χ3n) is 3.04. The zero-order chi connectivity index (χ0) is 10.8. The second-order valence-corrected chi connectivity index (χ2v) is 4.27. The van der Waals surface area contributed by atoms with Gasteiger partial charge in [0.2, 0.25) is 0 Å². The van der Waals surface area contributed by atoms with Crippen molar-refractivity contribution < 1.29 is 5.11 Å². The van der Waals surface area contributed by atoms with E-state index in [0.717, 1.165) is 25.1 Å². The molecule has 0 bridgehead atoms. The molecule has 1 aromatic rings. The lowest BCUT2D eigenvalue weighted by Gasteiger charge is -2.25. The Bertz CT molecular complexity index is 351. The number of fused-ring (bicyclic) bond motifs is 1. The average molecular weight is 206 g/mol. The summed E-state index contributed by atoms with van der Waals surface area (Å²) in [7, 11) is 2.13. The molecule has 0 saturated carbocycles. The second kappa shape index (κ2) is 4.31. The van der Waals surface area contributed by atoms with Gasteiger partial charge in [-0.3, -0.25) is 0 Å². The summed E-state index contributed by atoms with van der Waals surface area (Å²) in [6.45, 7) is 2.39. The van der Waals surface area contributed by atoms with Crippen molar-refractivity contribution in [2.75, 3.05) is 20.1 Å². The SMILES string of the molecule is CN1CCc2cc(C(O)CN)ccc2C1. The summed E-state index contributed by atoms with van der Waals surface area (Å²) in [6.07, 6.45) is 0.548. The van der Waals surface area contributed by atoms with Gasteiger partial charge in [0, 0.05) is 19.6 Å². The average Bonchev–Trinajstić information content (AvgIpc) is 2.27.